The SMILES string of the molecule is CCCCCO[Si](C)(C)CCCCC. The van der Waals surface area contributed by atoms with Gasteiger partial charge in [-0.15, -0.1) is 0 Å². The average molecular weight is 216 g/mol. The van der Waals surface area contributed by atoms with E-state index in [4.69, 9.17) is 4.43 Å². The van der Waals surface area contributed by atoms with Gasteiger partial charge >= 0.3 is 0 Å². The van der Waals surface area contributed by atoms with Crippen molar-refractivity contribution in [3.63, 3.8) is 0 Å². The number of rotatable bonds is 9. The van der Waals surface area contributed by atoms with E-state index in [-0.39, 0.29) is 0 Å². The highest BCUT2D eigenvalue weighted by Gasteiger charge is 2.20. The third kappa shape index (κ3) is 8.76. The summed E-state index contributed by atoms with van der Waals surface area (Å²) in [5.74, 6) is 0. The third-order valence-corrected chi connectivity index (χ3v) is 5.17. The van der Waals surface area contributed by atoms with Crippen molar-refractivity contribution in [2.45, 2.75) is 71.5 Å². The molecule has 0 bridgehead atoms. The van der Waals surface area contributed by atoms with Crippen LogP contribution in [0.15, 0.2) is 0 Å². The highest BCUT2D eigenvalue weighted by molar-refractivity contribution is 6.71. The number of hydrogen-bond donors (Lipinski definition) is 0. The Hall–Kier alpha value is 0.177. The first-order chi connectivity index (χ1) is 6.62. The third-order valence-electron chi connectivity index (χ3n) is 2.62. The van der Waals surface area contributed by atoms with Crippen molar-refractivity contribution in [3.05, 3.63) is 0 Å². The summed E-state index contributed by atoms with van der Waals surface area (Å²) in [4.78, 5) is 0. The minimum Gasteiger partial charge on any atom is -0.417 e. The van der Waals surface area contributed by atoms with Crippen LogP contribution in [-0.2, 0) is 4.43 Å². The van der Waals surface area contributed by atoms with Gasteiger partial charge in [0.25, 0.3) is 0 Å². The Bertz CT molecular complexity index is 123. The molecule has 0 atom stereocenters. The van der Waals surface area contributed by atoms with Crippen LogP contribution in [-0.4, -0.2) is 14.9 Å². The van der Waals surface area contributed by atoms with Crippen LogP contribution in [0.3, 0.4) is 0 Å². The fraction of sp³-hybridized carbons (Fsp3) is 1.00. The molecule has 0 heterocycles. The molecule has 0 unspecified atom stereocenters. The van der Waals surface area contributed by atoms with Crippen LogP contribution in [0.25, 0.3) is 0 Å². The van der Waals surface area contributed by atoms with E-state index in [1.165, 1.54) is 44.6 Å². The average Bonchev–Trinajstić information content (AvgIpc) is 2.13. The predicted molar refractivity (Wildman–Crippen MR) is 67.3 cm³/mol. The van der Waals surface area contributed by atoms with Gasteiger partial charge < -0.3 is 4.43 Å². The zero-order valence-electron chi connectivity index (χ0n) is 10.6. The van der Waals surface area contributed by atoms with E-state index in [2.05, 4.69) is 26.9 Å². The lowest BCUT2D eigenvalue weighted by Gasteiger charge is -2.22. The van der Waals surface area contributed by atoms with Crippen molar-refractivity contribution < 1.29 is 4.43 Å². The van der Waals surface area contributed by atoms with Crippen LogP contribution < -0.4 is 0 Å². The zero-order chi connectivity index (χ0) is 10.9. The molecule has 0 aromatic rings. The maximum atomic E-state index is 6.02. The van der Waals surface area contributed by atoms with Crippen LogP contribution in [0, 0.1) is 0 Å². The lowest BCUT2D eigenvalue weighted by molar-refractivity contribution is 0.294. The molecule has 0 spiro atoms. The molecule has 14 heavy (non-hydrogen) atoms. The van der Waals surface area contributed by atoms with Crippen LogP contribution in [0.4, 0.5) is 0 Å². The second kappa shape index (κ2) is 8.48. The zero-order valence-corrected chi connectivity index (χ0v) is 11.6. The van der Waals surface area contributed by atoms with Gasteiger partial charge in [-0.3, -0.25) is 0 Å². The Morgan fingerprint density at radius 2 is 1.43 bits per heavy atom. The van der Waals surface area contributed by atoms with Crippen LogP contribution in [0.5, 0.6) is 0 Å². The van der Waals surface area contributed by atoms with Gasteiger partial charge in [-0.25, -0.2) is 0 Å². The Morgan fingerprint density at radius 3 is 2.00 bits per heavy atom. The summed E-state index contributed by atoms with van der Waals surface area (Å²) < 4.78 is 6.02. The quantitative estimate of drug-likeness (QED) is 0.405. The number of unbranched alkanes of at least 4 members (excludes halogenated alkanes) is 4. The minimum absolute atomic E-state index is 0.999. The molecule has 0 fully saturated rings. The summed E-state index contributed by atoms with van der Waals surface area (Å²) in [6, 6.07) is 1.34. The van der Waals surface area contributed by atoms with Gasteiger partial charge in [0.1, 0.15) is 0 Å². The molecule has 0 amide bonds. The van der Waals surface area contributed by atoms with Crippen LogP contribution in [0.2, 0.25) is 19.1 Å². The van der Waals surface area contributed by atoms with Crippen molar-refractivity contribution in [1.29, 1.82) is 0 Å². The molecule has 0 saturated carbocycles. The second-order valence-corrected chi connectivity index (χ2v) is 9.08. The monoisotopic (exact) mass is 216 g/mol. The predicted octanol–water partition coefficient (Wildman–Crippen LogP) is 4.59. The van der Waals surface area contributed by atoms with E-state index >= 15 is 0 Å². The summed E-state index contributed by atoms with van der Waals surface area (Å²) in [6.45, 7) is 10.2. The Morgan fingerprint density at radius 1 is 0.857 bits per heavy atom. The van der Waals surface area contributed by atoms with Gasteiger partial charge in [-0.2, -0.15) is 0 Å². The second-order valence-electron chi connectivity index (χ2n) is 4.77. The Balaban J connectivity index is 3.40. The maximum absolute atomic E-state index is 6.02. The molecule has 0 aromatic heterocycles. The molecular weight excluding hydrogens is 188 g/mol. The molecule has 0 aliphatic carbocycles. The fourth-order valence-corrected chi connectivity index (χ4v) is 3.52. The van der Waals surface area contributed by atoms with Crippen molar-refractivity contribution in [1.82, 2.24) is 0 Å². The van der Waals surface area contributed by atoms with Gasteiger partial charge in [-0.05, 0) is 25.6 Å². The highest BCUT2D eigenvalue weighted by Crippen LogP contribution is 2.16. The standard InChI is InChI=1S/C12H28OSi/c1-5-7-9-11-13-14(3,4)12-10-8-6-2/h5-12H2,1-4H3. The number of hydrogen-bond acceptors (Lipinski definition) is 1. The van der Waals surface area contributed by atoms with Crippen molar-refractivity contribution in [2.24, 2.45) is 0 Å². The van der Waals surface area contributed by atoms with Crippen molar-refractivity contribution in [3.8, 4) is 0 Å². The molecule has 0 aromatic carbocycles. The lowest BCUT2D eigenvalue weighted by atomic mass is 10.3. The van der Waals surface area contributed by atoms with Gasteiger partial charge in [0, 0.05) is 6.61 Å². The molecule has 0 saturated heterocycles. The molecule has 0 aliphatic heterocycles. The van der Waals surface area contributed by atoms with Gasteiger partial charge in [0.15, 0.2) is 8.32 Å². The summed E-state index contributed by atoms with van der Waals surface area (Å²) >= 11 is 0. The van der Waals surface area contributed by atoms with E-state index in [0.29, 0.717) is 0 Å². The van der Waals surface area contributed by atoms with Gasteiger partial charge in [0.05, 0.1) is 0 Å². The molecule has 2 heteroatoms. The summed E-state index contributed by atoms with van der Waals surface area (Å²) in [5.41, 5.74) is 0. The maximum Gasteiger partial charge on any atom is 0.186 e. The van der Waals surface area contributed by atoms with Gasteiger partial charge in [-0.1, -0.05) is 46.0 Å². The van der Waals surface area contributed by atoms with E-state index < -0.39 is 8.32 Å². The summed E-state index contributed by atoms with van der Waals surface area (Å²) in [6.07, 6.45) is 7.92. The first-order valence-electron chi connectivity index (χ1n) is 6.26. The van der Waals surface area contributed by atoms with E-state index in [1.807, 2.05) is 0 Å². The van der Waals surface area contributed by atoms with Crippen molar-refractivity contribution >= 4 is 8.32 Å². The summed E-state index contributed by atoms with van der Waals surface area (Å²) in [7, 11) is -1.29. The highest BCUT2D eigenvalue weighted by atomic mass is 28.4. The Kier molecular flexibility index (Phi) is 8.59. The molecular formula is C12H28OSi. The molecule has 0 rings (SSSR count). The Labute approximate surface area is 91.4 Å². The van der Waals surface area contributed by atoms with Crippen molar-refractivity contribution in [2.75, 3.05) is 6.61 Å². The van der Waals surface area contributed by atoms with Crippen LogP contribution >= 0.6 is 0 Å². The molecule has 0 N–H and O–H groups in total. The van der Waals surface area contributed by atoms with E-state index in [0.717, 1.165) is 6.61 Å². The van der Waals surface area contributed by atoms with E-state index in [1.54, 1.807) is 0 Å². The smallest absolute Gasteiger partial charge is 0.186 e. The van der Waals surface area contributed by atoms with Crippen LogP contribution in [0.1, 0.15) is 52.4 Å². The molecule has 86 valence electrons. The molecule has 0 aliphatic rings. The first-order valence-corrected chi connectivity index (χ1v) is 9.38. The summed E-state index contributed by atoms with van der Waals surface area (Å²) in [5, 5.41) is 0. The molecule has 1 nitrogen and oxygen atoms in total. The largest absolute Gasteiger partial charge is 0.417 e. The molecule has 0 radical (unpaired) electrons. The van der Waals surface area contributed by atoms with Gasteiger partial charge in [0.2, 0.25) is 0 Å². The lowest BCUT2D eigenvalue weighted by Crippen LogP contribution is -2.30. The fourth-order valence-electron chi connectivity index (χ4n) is 1.57. The topological polar surface area (TPSA) is 9.23 Å². The van der Waals surface area contributed by atoms with E-state index in [9.17, 15) is 0 Å². The minimum atomic E-state index is -1.29. The first kappa shape index (κ1) is 14.2. The normalized spacial score (nSPS) is 12.0.